The Labute approximate surface area is 142 Å². The number of rotatable bonds is 5. The summed E-state index contributed by atoms with van der Waals surface area (Å²) in [5.74, 6) is 0.127. The molecular weight excluding hydrogens is 324 g/mol. The van der Waals surface area contributed by atoms with Crippen LogP contribution in [-0.4, -0.2) is 27.7 Å². The average molecular weight is 338 g/mol. The first kappa shape index (κ1) is 16.2. The van der Waals surface area contributed by atoms with Gasteiger partial charge in [-0.2, -0.15) is 5.10 Å². The van der Waals surface area contributed by atoms with Gasteiger partial charge in [-0.1, -0.05) is 18.2 Å². The van der Waals surface area contributed by atoms with Gasteiger partial charge in [-0.05, 0) is 24.3 Å². The summed E-state index contributed by atoms with van der Waals surface area (Å²) in [5, 5.41) is 17.8. The molecule has 0 atom stereocenters. The lowest BCUT2D eigenvalue weighted by molar-refractivity contribution is -0.384. The number of aromatic nitrogens is 2. The molecule has 3 aromatic rings. The summed E-state index contributed by atoms with van der Waals surface area (Å²) in [6, 6.07) is 14.6. The molecule has 8 nitrogen and oxygen atoms in total. The van der Waals surface area contributed by atoms with Crippen LogP contribution in [0.4, 0.5) is 11.4 Å². The van der Waals surface area contributed by atoms with Crippen LogP contribution in [0.25, 0.3) is 5.69 Å². The fraction of sp³-hybridized carbons (Fsp3) is 0.0588. The number of benzene rings is 2. The highest BCUT2D eigenvalue weighted by Gasteiger charge is 2.14. The second-order valence-electron chi connectivity index (χ2n) is 5.08. The second-order valence-corrected chi connectivity index (χ2v) is 5.08. The van der Waals surface area contributed by atoms with Crippen LogP contribution in [0.5, 0.6) is 5.75 Å². The minimum Gasteiger partial charge on any atom is -0.495 e. The number of ether oxygens (including phenoxy) is 1. The number of non-ortho nitro benzene ring substituents is 1. The number of nitrogens with one attached hydrogen (secondary N) is 1. The van der Waals surface area contributed by atoms with Gasteiger partial charge in [-0.25, -0.2) is 4.68 Å². The van der Waals surface area contributed by atoms with Crippen molar-refractivity contribution < 1.29 is 14.5 Å². The SMILES string of the molecule is COc1ccccc1NC(=O)c1ccn(-c2cccc([N+](=O)[O-])c2)n1. The Kier molecular flexibility index (Phi) is 4.42. The number of hydrogen-bond donors (Lipinski definition) is 1. The molecule has 0 radical (unpaired) electrons. The first-order valence-electron chi connectivity index (χ1n) is 7.33. The Morgan fingerprint density at radius 2 is 2.00 bits per heavy atom. The summed E-state index contributed by atoms with van der Waals surface area (Å²) in [6.07, 6.45) is 1.57. The van der Waals surface area contributed by atoms with Crippen LogP contribution in [0, 0.1) is 10.1 Å². The molecule has 0 saturated carbocycles. The smallest absolute Gasteiger partial charge is 0.276 e. The molecule has 0 aliphatic rings. The molecule has 1 heterocycles. The van der Waals surface area contributed by atoms with E-state index in [9.17, 15) is 14.9 Å². The lowest BCUT2D eigenvalue weighted by atomic mass is 10.3. The monoisotopic (exact) mass is 338 g/mol. The van der Waals surface area contributed by atoms with E-state index in [0.717, 1.165) is 0 Å². The van der Waals surface area contributed by atoms with Gasteiger partial charge in [0.1, 0.15) is 5.75 Å². The Morgan fingerprint density at radius 3 is 2.76 bits per heavy atom. The van der Waals surface area contributed by atoms with Crippen molar-refractivity contribution in [3.63, 3.8) is 0 Å². The molecule has 0 aliphatic heterocycles. The average Bonchev–Trinajstić information content (AvgIpc) is 3.12. The quantitative estimate of drug-likeness (QED) is 0.569. The molecule has 1 amide bonds. The van der Waals surface area contributed by atoms with Crippen molar-refractivity contribution in [1.82, 2.24) is 9.78 Å². The van der Waals surface area contributed by atoms with Crippen LogP contribution in [0.15, 0.2) is 60.8 Å². The predicted molar refractivity (Wildman–Crippen MR) is 91.2 cm³/mol. The van der Waals surface area contributed by atoms with E-state index in [1.807, 2.05) is 0 Å². The Morgan fingerprint density at radius 1 is 1.20 bits per heavy atom. The van der Waals surface area contributed by atoms with Crippen molar-refractivity contribution in [2.45, 2.75) is 0 Å². The van der Waals surface area contributed by atoms with E-state index in [-0.39, 0.29) is 11.4 Å². The second kappa shape index (κ2) is 6.83. The number of anilines is 1. The molecule has 3 rings (SSSR count). The zero-order chi connectivity index (χ0) is 17.8. The van der Waals surface area contributed by atoms with Crippen LogP contribution >= 0.6 is 0 Å². The molecule has 1 N–H and O–H groups in total. The van der Waals surface area contributed by atoms with Crippen molar-refractivity contribution in [1.29, 1.82) is 0 Å². The zero-order valence-corrected chi connectivity index (χ0v) is 13.2. The fourth-order valence-electron chi connectivity index (χ4n) is 2.27. The van der Waals surface area contributed by atoms with Gasteiger partial charge >= 0.3 is 0 Å². The topological polar surface area (TPSA) is 99.3 Å². The van der Waals surface area contributed by atoms with E-state index in [2.05, 4.69) is 10.4 Å². The lowest BCUT2D eigenvalue weighted by Gasteiger charge is -2.08. The lowest BCUT2D eigenvalue weighted by Crippen LogP contribution is -2.13. The normalized spacial score (nSPS) is 10.3. The summed E-state index contributed by atoms with van der Waals surface area (Å²) in [7, 11) is 1.52. The molecule has 0 saturated heterocycles. The van der Waals surface area contributed by atoms with E-state index in [4.69, 9.17) is 4.74 Å². The molecule has 0 fully saturated rings. The highest BCUT2D eigenvalue weighted by molar-refractivity contribution is 6.03. The number of para-hydroxylation sites is 2. The number of nitro benzene ring substituents is 1. The minimum atomic E-state index is -0.484. The van der Waals surface area contributed by atoms with Gasteiger partial charge in [-0.3, -0.25) is 14.9 Å². The highest BCUT2D eigenvalue weighted by Crippen LogP contribution is 2.23. The van der Waals surface area contributed by atoms with Gasteiger partial charge in [0.05, 0.1) is 23.4 Å². The summed E-state index contributed by atoms with van der Waals surface area (Å²) >= 11 is 0. The number of methoxy groups -OCH3 is 1. The number of hydrogen-bond acceptors (Lipinski definition) is 5. The third kappa shape index (κ3) is 3.47. The summed E-state index contributed by atoms with van der Waals surface area (Å²) in [5.41, 5.74) is 1.15. The third-order valence-electron chi connectivity index (χ3n) is 3.48. The highest BCUT2D eigenvalue weighted by atomic mass is 16.6. The van der Waals surface area contributed by atoms with Crippen molar-refractivity contribution in [3.8, 4) is 11.4 Å². The number of nitro groups is 1. The maximum Gasteiger partial charge on any atom is 0.276 e. The van der Waals surface area contributed by atoms with Crippen LogP contribution < -0.4 is 10.1 Å². The van der Waals surface area contributed by atoms with Gasteiger partial charge in [0.2, 0.25) is 0 Å². The Hall–Kier alpha value is -3.68. The van der Waals surface area contributed by atoms with Crippen molar-refractivity contribution in [2.75, 3.05) is 12.4 Å². The number of nitrogens with zero attached hydrogens (tertiary/aromatic N) is 3. The van der Waals surface area contributed by atoms with Crippen LogP contribution in [0.3, 0.4) is 0 Å². The molecule has 8 heteroatoms. The molecule has 25 heavy (non-hydrogen) atoms. The molecule has 1 aromatic heterocycles. The number of carbonyl (C=O) groups is 1. The minimum absolute atomic E-state index is 0.0481. The van der Waals surface area contributed by atoms with Crippen molar-refractivity contribution in [2.24, 2.45) is 0 Å². The Bertz CT molecular complexity index is 936. The molecule has 0 bridgehead atoms. The molecule has 0 unspecified atom stereocenters. The zero-order valence-electron chi connectivity index (χ0n) is 13.2. The summed E-state index contributed by atoms with van der Waals surface area (Å²) in [6.45, 7) is 0. The van der Waals surface area contributed by atoms with Crippen LogP contribution in [-0.2, 0) is 0 Å². The Balaban J connectivity index is 1.82. The van der Waals surface area contributed by atoms with Crippen LogP contribution in [0.2, 0.25) is 0 Å². The third-order valence-corrected chi connectivity index (χ3v) is 3.48. The van der Waals surface area contributed by atoms with Gasteiger partial charge < -0.3 is 10.1 Å². The van der Waals surface area contributed by atoms with E-state index in [1.54, 1.807) is 42.6 Å². The maximum absolute atomic E-state index is 12.4. The van der Waals surface area contributed by atoms with Gasteiger partial charge in [-0.15, -0.1) is 0 Å². The first-order valence-corrected chi connectivity index (χ1v) is 7.33. The molecule has 2 aromatic carbocycles. The molecule has 0 aliphatic carbocycles. The largest absolute Gasteiger partial charge is 0.495 e. The standard InChI is InChI=1S/C17H14N4O4/c1-25-16-8-3-2-7-14(16)18-17(22)15-9-10-20(19-15)12-5-4-6-13(11-12)21(23)24/h2-11H,1H3,(H,18,22). The predicted octanol–water partition coefficient (Wildman–Crippen LogP) is 3.04. The van der Waals surface area contributed by atoms with E-state index >= 15 is 0 Å². The molecule has 0 spiro atoms. The molecule has 126 valence electrons. The van der Waals surface area contributed by atoms with E-state index in [1.165, 1.54) is 30.0 Å². The van der Waals surface area contributed by atoms with Crippen LogP contribution in [0.1, 0.15) is 10.5 Å². The van der Waals surface area contributed by atoms with Crippen molar-refractivity contribution in [3.05, 3.63) is 76.6 Å². The number of carbonyl (C=O) groups excluding carboxylic acids is 1. The fourth-order valence-corrected chi connectivity index (χ4v) is 2.27. The maximum atomic E-state index is 12.4. The van der Waals surface area contributed by atoms with Crippen molar-refractivity contribution >= 4 is 17.3 Å². The molecular formula is C17H14N4O4. The van der Waals surface area contributed by atoms with E-state index in [0.29, 0.717) is 17.1 Å². The summed E-state index contributed by atoms with van der Waals surface area (Å²) < 4.78 is 6.59. The van der Waals surface area contributed by atoms with Gasteiger partial charge in [0.15, 0.2) is 5.69 Å². The van der Waals surface area contributed by atoms with E-state index < -0.39 is 10.8 Å². The number of amides is 1. The van der Waals surface area contributed by atoms with Gasteiger partial charge in [0.25, 0.3) is 11.6 Å². The first-order chi connectivity index (χ1) is 12.1. The van der Waals surface area contributed by atoms with Gasteiger partial charge in [0, 0.05) is 18.3 Å². The summed E-state index contributed by atoms with van der Waals surface area (Å²) in [4.78, 5) is 22.7.